The number of amides is 2. The van der Waals surface area contributed by atoms with Gasteiger partial charge in [-0.2, -0.15) is 13.2 Å². The Balaban J connectivity index is 1.93. The summed E-state index contributed by atoms with van der Waals surface area (Å²) >= 11 is 0. The molecule has 1 saturated heterocycles. The maximum atomic E-state index is 12.9. The molecule has 0 bridgehead atoms. The molecule has 4 nitrogen and oxygen atoms in total. The summed E-state index contributed by atoms with van der Waals surface area (Å²) in [5.41, 5.74) is -0.500. The molecule has 1 aliphatic rings. The number of benzene rings is 1. The Labute approximate surface area is 126 Å². The molecule has 1 fully saturated rings. The van der Waals surface area contributed by atoms with Gasteiger partial charge in [0.25, 0.3) is 0 Å². The molecule has 122 valence electrons. The van der Waals surface area contributed by atoms with Crippen LogP contribution in [-0.4, -0.2) is 41.8 Å². The number of carbonyl (C=O) groups excluding carboxylic acids is 1. The molecule has 0 radical (unpaired) electrons. The molecule has 2 N–H and O–H groups in total. The first kappa shape index (κ1) is 16.6. The summed E-state index contributed by atoms with van der Waals surface area (Å²) < 4.78 is 38.7. The molecular formula is C15H19F3N2O2. The molecule has 0 spiro atoms. The van der Waals surface area contributed by atoms with E-state index in [4.69, 9.17) is 5.11 Å². The van der Waals surface area contributed by atoms with E-state index < -0.39 is 17.8 Å². The fraction of sp³-hybridized carbons (Fsp3) is 0.533. The van der Waals surface area contributed by atoms with Crippen LogP contribution >= 0.6 is 0 Å². The highest BCUT2D eigenvalue weighted by Gasteiger charge is 2.34. The van der Waals surface area contributed by atoms with Crippen LogP contribution in [0.25, 0.3) is 0 Å². The number of hydrogen-bond donors (Lipinski definition) is 2. The van der Waals surface area contributed by atoms with E-state index in [1.165, 1.54) is 17.0 Å². The van der Waals surface area contributed by atoms with Crippen molar-refractivity contribution in [3.63, 3.8) is 0 Å². The highest BCUT2D eigenvalue weighted by Crippen LogP contribution is 2.32. The topological polar surface area (TPSA) is 52.6 Å². The second-order valence-corrected chi connectivity index (χ2v) is 5.66. The summed E-state index contributed by atoms with van der Waals surface area (Å²) in [7, 11) is 0. The summed E-state index contributed by atoms with van der Waals surface area (Å²) in [6, 6.07) is 4.67. The molecule has 22 heavy (non-hydrogen) atoms. The quantitative estimate of drug-likeness (QED) is 0.895. The number of aliphatic hydroxyl groups excluding tert-OH is 1. The van der Waals surface area contributed by atoms with Gasteiger partial charge in [-0.15, -0.1) is 0 Å². The number of aliphatic hydroxyl groups is 1. The number of carbonyl (C=O) groups is 1. The van der Waals surface area contributed by atoms with E-state index in [0.29, 0.717) is 13.1 Å². The second kappa shape index (κ2) is 6.56. The van der Waals surface area contributed by atoms with Crippen LogP contribution in [0.1, 0.15) is 18.1 Å². The van der Waals surface area contributed by atoms with Gasteiger partial charge in [-0.1, -0.05) is 18.2 Å². The summed E-state index contributed by atoms with van der Waals surface area (Å²) in [6.07, 6.45) is -4.29. The van der Waals surface area contributed by atoms with Gasteiger partial charge in [0.15, 0.2) is 0 Å². The Morgan fingerprint density at radius 3 is 2.64 bits per heavy atom. The largest absolute Gasteiger partial charge is 0.416 e. The predicted molar refractivity (Wildman–Crippen MR) is 75.3 cm³/mol. The number of halogens is 3. The number of nitrogens with one attached hydrogen (secondary N) is 1. The van der Waals surface area contributed by atoms with Crippen LogP contribution < -0.4 is 5.32 Å². The molecule has 7 heteroatoms. The summed E-state index contributed by atoms with van der Waals surface area (Å²) in [5.74, 6) is 0.104. The molecule has 2 amide bonds. The number of rotatable bonds is 4. The Hall–Kier alpha value is -1.76. The van der Waals surface area contributed by atoms with Crippen molar-refractivity contribution in [2.45, 2.75) is 25.6 Å². The molecule has 0 saturated carbocycles. The molecule has 2 rings (SSSR count). The van der Waals surface area contributed by atoms with Crippen LogP contribution in [0.2, 0.25) is 0 Å². The molecule has 1 heterocycles. The zero-order valence-corrected chi connectivity index (χ0v) is 12.2. The second-order valence-electron chi connectivity index (χ2n) is 5.66. The first-order valence-corrected chi connectivity index (χ1v) is 7.12. The molecule has 0 aromatic heterocycles. The van der Waals surface area contributed by atoms with Crippen molar-refractivity contribution >= 4 is 6.03 Å². The van der Waals surface area contributed by atoms with Crippen molar-refractivity contribution in [2.24, 2.45) is 5.92 Å². The van der Waals surface area contributed by atoms with Gasteiger partial charge in [0.1, 0.15) is 0 Å². The van der Waals surface area contributed by atoms with Crippen molar-refractivity contribution in [2.75, 3.05) is 19.7 Å². The lowest BCUT2D eigenvalue weighted by Crippen LogP contribution is -2.56. The Morgan fingerprint density at radius 2 is 2.05 bits per heavy atom. The van der Waals surface area contributed by atoms with Gasteiger partial charge < -0.3 is 15.3 Å². The van der Waals surface area contributed by atoms with Gasteiger partial charge in [0.2, 0.25) is 0 Å². The zero-order chi connectivity index (χ0) is 16.3. The first-order valence-electron chi connectivity index (χ1n) is 7.12. The molecule has 1 aromatic carbocycles. The van der Waals surface area contributed by atoms with E-state index in [0.717, 1.165) is 6.07 Å². The van der Waals surface area contributed by atoms with Gasteiger partial charge in [-0.3, -0.25) is 0 Å². The molecule has 1 aromatic rings. The van der Waals surface area contributed by atoms with Crippen LogP contribution in [0.3, 0.4) is 0 Å². The molecular weight excluding hydrogens is 297 g/mol. The van der Waals surface area contributed by atoms with Crippen molar-refractivity contribution in [3.8, 4) is 0 Å². The smallest absolute Gasteiger partial charge is 0.396 e. The Kier molecular flexibility index (Phi) is 4.95. The number of urea groups is 1. The van der Waals surface area contributed by atoms with Crippen LogP contribution in [0.4, 0.5) is 18.0 Å². The van der Waals surface area contributed by atoms with Crippen LogP contribution in [-0.2, 0) is 12.6 Å². The maximum absolute atomic E-state index is 12.9. The lowest BCUT2D eigenvalue weighted by molar-refractivity contribution is -0.138. The number of nitrogens with zero attached hydrogens (tertiary/aromatic N) is 1. The zero-order valence-electron chi connectivity index (χ0n) is 12.2. The first-order chi connectivity index (χ1) is 10.3. The molecule has 1 atom stereocenters. The minimum atomic E-state index is -4.40. The average Bonchev–Trinajstić information content (AvgIpc) is 2.36. The van der Waals surface area contributed by atoms with Crippen LogP contribution in [0.5, 0.6) is 0 Å². The minimum absolute atomic E-state index is 0.0400. The van der Waals surface area contributed by atoms with E-state index in [2.05, 4.69) is 5.32 Å². The average molecular weight is 316 g/mol. The fourth-order valence-electron chi connectivity index (χ4n) is 2.51. The minimum Gasteiger partial charge on any atom is -0.396 e. The van der Waals surface area contributed by atoms with Crippen molar-refractivity contribution in [3.05, 3.63) is 35.4 Å². The van der Waals surface area contributed by atoms with Gasteiger partial charge in [-0.05, 0) is 25.0 Å². The van der Waals surface area contributed by atoms with E-state index in [1.807, 2.05) is 0 Å². The van der Waals surface area contributed by atoms with Gasteiger partial charge in [0.05, 0.1) is 5.56 Å². The van der Waals surface area contributed by atoms with Gasteiger partial charge >= 0.3 is 12.2 Å². The third kappa shape index (κ3) is 3.91. The Morgan fingerprint density at radius 1 is 1.41 bits per heavy atom. The van der Waals surface area contributed by atoms with Crippen molar-refractivity contribution in [1.82, 2.24) is 10.2 Å². The van der Waals surface area contributed by atoms with Crippen LogP contribution in [0, 0.1) is 5.92 Å². The van der Waals surface area contributed by atoms with Crippen molar-refractivity contribution < 1.29 is 23.1 Å². The highest BCUT2D eigenvalue weighted by molar-refractivity contribution is 5.75. The lowest BCUT2D eigenvalue weighted by atomic mass is 10.00. The number of hydrogen-bond acceptors (Lipinski definition) is 2. The van der Waals surface area contributed by atoms with E-state index in [9.17, 15) is 18.0 Å². The Bertz CT molecular complexity index is 528. The molecule has 1 aliphatic heterocycles. The molecule has 0 aliphatic carbocycles. The van der Waals surface area contributed by atoms with Crippen molar-refractivity contribution in [1.29, 1.82) is 0 Å². The fourth-order valence-corrected chi connectivity index (χ4v) is 2.51. The monoisotopic (exact) mass is 316 g/mol. The maximum Gasteiger partial charge on any atom is 0.416 e. The predicted octanol–water partition coefficient (Wildman–Crippen LogP) is 2.27. The van der Waals surface area contributed by atoms with E-state index >= 15 is 0 Å². The van der Waals surface area contributed by atoms with E-state index in [1.54, 1.807) is 13.0 Å². The normalized spacial score (nSPS) is 17.0. The van der Waals surface area contributed by atoms with Gasteiger partial charge in [0, 0.05) is 31.7 Å². The standard InChI is InChI=1S/C15H19F3N2O2/c1-10(19-14(22)20-7-11(8-20)9-21)6-12-4-2-3-5-13(12)15(16,17)18/h2-5,10-11,21H,6-9H2,1H3,(H,19,22). The summed E-state index contributed by atoms with van der Waals surface area (Å²) in [4.78, 5) is 13.4. The molecule has 1 unspecified atom stereocenters. The third-order valence-electron chi connectivity index (χ3n) is 3.72. The summed E-state index contributed by atoms with van der Waals surface area (Å²) in [6.45, 7) is 2.68. The van der Waals surface area contributed by atoms with Gasteiger partial charge in [-0.25, -0.2) is 4.79 Å². The lowest BCUT2D eigenvalue weighted by Gasteiger charge is -2.38. The number of alkyl halides is 3. The highest BCUT2D eigenvalue weighted by atomic mass is 19.4. The van der Waals surface area contributed by atoms with Crippen LogP contribution in [0.15, 0.2) is 24.3 Å². The SMILES string of the molecule is CC(Cc1ccccc1C(F)(F)F)NC(=O)N1CC(CO)C1. The third-order valence-corrected chi connectivity index (χ3v) is 3.72. The summed E-state index contributed by atoms with van der Waals surface area (Å²) in [5, 5.41) is 11.6. The number of likely N-dealkylation sites (tertiary alicyclic amines) is 1. The van der Waals surface area contributed by atoms with E-state index in [-0.39, 0.29) is 30.5 Å².